The van der Waals surface area contributed by atoms with Crippen molar-refractivity contribution in [2.75, 3.05) is 23.7 Å². The van der Waals surface area contributed by atoms with Gasteiger partial charge >= 0.3 is 0 Å². The number of nitrogen functional groups attached to an aromatic ring is 1. The van der Waals surface area contributed by atoms with Crippen LogP contribution in [0.1, 0.15) is 24.0 Å². The van der Waals surface area contributed by atoms with E-state index < -0.39 is 0 Å². The van der Waals surface area contributed by atoms with Gasteiger partial charge in [0.05, 0.1) is 11.7 Å². The molecule has 6 heterocycles. The molecule has 2 fully saturated rings. The van der Waals surface area contributed by atoms with Crippen LogP contribution in [0.2, 0.25) is 0 Å². The van der Waals surface area contributed by atoms with Crippen LogP contribution in [-0.2, 0) is 13.6 Å². The fourth-order valence-corrected chi connectivity index (χ4v) is 6.22. The first-order chi connectivity index (χ1) is 19.1. The predicted molar refractivity (Wildman–Crippen MR) is 151 cm³/mol. The van der Waals surface area contributed by atoms with Crippen molar-refractivity contribution in [2.45, 2.75) is 31.5 Å². The van der Waals surface area contributed by atoms with Crippen LogP contribution < -0.4 is 10.6 Å². The second-order valence-corrected chi connectivity index (χ2v) is 10.6. The van der Waals surface area contributed by atoms with Crippen LogP contribution in [0.25, 0.3) is 27.8 Å². The van der Waals surface area contributed by atoms with Crippen LogP contribution in [0.4, 0.5) is 11.6 Å². The van der Waals surface area contributed by atoms with Crippen molar-refractivity contribution in [3.63, 3.8) is 0 Å². The lowest BCUT2D eigenvalue weighted by molar-refractivity contribution is 0.160. The number of rotatable bonds is 5. The number of piperazine rings is 1. The molecule has 9 heteroatoms. The monoisotopic (exact) mass is 515 g/mol. The molecule has 2 aliphatic rings. The Bertz CT molecular complexity index is 1680. The number of aryl methyl sites for hydroxylation is 1. The number of anilines is 2. The molecule has 2 unspecified atom stereocenters. The smallest absolute Gasteiger partial charge is 0.164 e. The van der Waals surface area contributed by atoms with Gasteiger partial charge in [-0.25, -0.2) is 9.50 Å². The van der Waals surface area contributed by atoms with Gasteiger partial charge in [0.15, 0.2) is 5.82 Å². The number of pyridine rings is 2. The van der Waals surface area contributed by atoms with Crippen molar-refractivity contribution >= 4 is 17.2 Å². The van der Waals surface area contributed by atoms with E-state index >= 15 is 0 Å². The lowest BCUT2D eigenvalue weighted by atomic mass is 10.0. The first-order valence-electron chi connectivity index (χ1n) is 13.3. The average Bonchev–Trinajstić information content (AvgIpc) is 3.60. The van der Waals surface area contributed by atoms with Crippen molar-refractivity contribution in [1.82, 2.24) is 29.3 Å². The van der Waals surface area contributed by atoms with Gasteiger partial charge in [0.2, 0.25) is 0 Å². The van der Waals surface area contributed by atoms with E-state index in [0.717, 1.165) is 47.7 Å². The Hall–Kier alpha value is -4.68. The second-order valence-electron chi connectivity index (χ2n) is 10.6. The molecular formula is C30H29N9. The van der Waals surface area contributed by atoms with E-state index in [1.54, 1.807) is 9.20 Å². The van der Waals surface area contributed by atoms with Crippen LogP contribution in [0.5, 0.6) is 0 Å². The topological polar surface area (TPSA) is 104 Å². The van der Waals surface area contributed by atoms with Crippen molar-refractivity contribution in [3.05, 3.63) is 84.4 Å². The molecule has 4 aromatic heterocycles. The minimum absolute atomic E-state index is 0.218. The molecule has 0 spiro atoms. The van der Waals surface area contributed by atoms with Crippen LogP contribution in [0.3, 0.4) is 0 Å². The molecule has 2 saturated heterocycles. The molecular weight excluding hydrogens is 486 g/mol. The summed E-state index contributed by atoms with van der Waals surface area (Å²) in [5.74, 6) is 1.21. The normalized spacial score (nSPS) is 19.0. The molecule has 1 aromatic carbocycles. The average molecular weight is 516 g/mol. The van der Waals surface area contributed by atoms with Gasteiger partial charge in [-0.1, -0.05) is 30.3 Å². The van der Waals surface area contributed by atoms with E-state index in [9.17, 15) is 5.26 Å². The summed E-state index contributed by atoms with van der Waals surface area (Å²) in [7, 11) is 1.89. The molecule has 2 atom stereocenters. The Morgan fingerprint density at radius 1 is 0.974 bits per heavy atom. The van der Waals surface area contributed by atoms with Crippen LogP contribution >= 0.6 is 0 Å². The summed E-state index contributed by atoms with van der Waals surface area (Å²) in [6, 6.07) is 20.3. The number of hydrogen-bond donors (Lipinski definition) is 1. The van der Waals surface area contributed by atoms with Gasteiger partial charge in [-0.05, 0) is 36.6 Å². The predicted octanol–water partition coefficient (Wildman–Crippen LogP) is 4.10. The first kappa shape index (κ1) is 23.4. The van der Waals surface area contributed by atoms with Gasteiger partial charge in [-0.2, -0.15) is 10.4 Å². The Labute approximate surface area is 226 Å². The van der Waals surface area contributed by atoms with E-state index in [1.165, 1.54) is 18.4 Å². The molecule has 0 amide bonds. The third kappa shape index (κ3) is 4.10. The zero-order valence-electron chi connectivity index (χ0n) is 21.8. The van der Waals surface area contributed by atoms with Crippen molar-refractivity contribution < 1.29 is 0 Å². The number of hydrogen-bond acceptors (Lipinski definition) is 7. The minimum Gasteiger partial charge on any atom is -0.381 e. The molecule has 5 aromatic rings. The van der Waals surface area contributed by atoms with E-state index in [1.807, 2.05) is 31.8 Å². The summed E-state index contributed by atoms with van der Waals surface area (Å²) in [5.41, 5.74) is 12.2. The third-order valence-electron chi connectivity index (χ3n) is 8.13. The molecule has 2 bridgehead atoms. The van der Waals surface area contributed by atoms with Gasteiger partial charge in [-0.15, -0.1) is 5.10 Å². The molecule has 0 aliphatic carbocycles. The van der Waals surface area contributed by atoms with Gasteiger partial charge in [0, 0.05) is 79.6 Å². The van der Waals surface area contributed by atoms with E-state index in [-0.39, 0.29) is 5.82 Å². The van der Waals surface area contributed by atoms with E-state index in [2.05, 4.69) is 74.6 Å². The molecule has 9 nitrogen and oxygen atoms in total. The number of fused-ring (bicyclic) bond motifs is 3. The Morgan fingerprint density at radius 2 is 1.77 bits per heavy atom. The van der Waals surface area contributed by atoms with Gasteiger partial charge in [0.25, 0.3) is 0 Å². The Balaban J connectivity index is 1.19. The summed E-state index contributed by atoms with van der Waals surface area (Å²) >= 11 is 0. The van der Waals surface area contributed by atoms with Crippen LogP contribution in [0, 0.1) is 11.3 Å². The van der Waals surface area contributed by atoms with Gasteiger partial charge in [-0.3, -0.25) is 9.58 Å². The standard InChI is InChI=1S/C30H29N9/c1-36-16-23(14-34-36)22-11-26(29-27(12-31)30(32)35-39(29)17-22)21-7-10-28(33-13-21)37-18-24-8-9-25(19-37)38(24)15-20-5-3-2-4-6-20/h2-7,10-11,13-14,16-17,24-25H,8-9,15,18-19H2,1H3,(H2,32,35). The molecule has 39 heavy (non-hydrogen) atoms. The number of nitriles is 1. The number of nitrogens with zero attached hydrogens (tertiary/aromatic N) is 8. The minimum atomic E-state index is 0.218. The van der Waals surface area contributed by atoms with Crippen molar-refractivity contribution in [2.24, 2.45) is 7.05 Å². The number of aromatic nitrogens is 5. The highest BCUT2D eigenvalue weighted by Crippen LogP contribution is 2.36. The molecule has 2 N–H and O–H groups in total. The largest absolute Gasteiger partial charge is 0.381 e. The fraction of sp³-hybridized carbons (Fsp3) is 0.267. The maximum atomic E-state index is 9.83. The fourth-order valence-electron chi connectivity index (χ4n) is 6.22. The van der Waals surface area contributed by atoms with Gasteiger partial charge < -0.3 is 10.6 Å². The SMILES string of the molecule is Cn1cc(-c2cc(-c3ccc(N4CC5CCC(C4)N5Cc4ccccc4)nc3)c3c(C#N)c(N)nn3c2)cn1. The highest BCUT2D eigenvalue weighted by atomic mass is 15.3. The Morgan fingerprint density at radius 3 is 2.44 bits per heavy atom. The quantitative estimate of drug-likeness (QED) is 0.376. The van der Waals surface area contributed by atoms with Crippen molar-refractivity contribution in [1.29, 1.82) is 5.26 Å². The first-order valence-corrected chi connectivity index (χ1v) is 13.3. The lowest BCUT2D eigenvalue weighted by Crippen LogP contribution is -2.53. The summed E-state index contributed by atoms with van der Waals surface area (Å²) in [6.45, 7) is 2.97. The maximum Gasteiger partial charge on any atom is 0.164 e. The zero-order valence-corrected chi connectivity index (χ0v) is 21.8. The lowest BCUT2D eigenvalue weighted by Gasteiger charge is -2.41. The zero-order chi connectivity index (χ0) is 26.5. The number of nitrogens with two attached hydrogens (primary N) is 1. The molecule has 0 saturated carbocycles. The van der Waals surface area contributed by atoms with E-state index in [4.69, 9.17) is 10.7 Å². The summed E-state index contributed by atoms with van der Waals surface area (Å²) in [6.07, 6.45) is 10.0. The highest BCUT2D eigenvalue weighted by Gasteiger charge is 2.40. The van der Waals surface area contributed by atoms with Crippen LogP contribution in [0.15, 0.2) is 73.3 Å². The molecule has 0 radical (unpaired) electrons. The van der Waals surface area contributed by atoms with Crippen LogP contribution in [-0.4, -0.2) is 54.5 Å². The van der Waals surface area contributed by atoms with Crippen molar-refractivity contribution in [3.8, 4) is 28.3 Å². The third-order valence-corrected chi connectivity index (χ3v) is 8.13. The molecule has 194 valence electrons. The van der Waals surface area contributed by atoms with Gasteiger partial charge in [0.1, 0.15) is 17.5 Å². The summed E-state index contributed by atoms with van der Waals surface area (Å²) in [4.78, 5) is 10.0. The number of benzene rings is 1. The summed E-state index contributed by atoms with van der Waals surface area (Å²) < 4.78 is 3.46. The Kier molecular flexibility index (Phi) is 5.56. The molecule has 2 aliphatic heterocycles. The van der Waals surface area contributed by atoms with E-state index in [0.29, 0.717) is 23.2 Å². The summed E-state index contributed by atoms with van der Waals surface area (Å²) in [5, 5.41) is 18.6. The maximum absolute atomic E-state index is 9.83. The highest BCUT2D eigenvalue weighted by molar-refractivity contribution is 5.90. The second kappa shape index (κ2) is 9.26. The molecule has 7 rings (SSSR count).